The number of benzene rings is 1. The molecular formula is C22H29FN6O2S2. The molecule has 2 N–H and O–H groups in total. The molecule has 2 heterocycles. The van der Waals surface area contributed by atoms with Gasteiger partial charge in [-0.1, -0.05) is 42.4 Å². The zero-order chi connectivity index (χ0) is 23.0. The molecule has 4 rings (SSSR count). The van der Waals surface area contributed by atoms with Gasteiger partial charge in [0.15, 0.2) is 4.34 Å². The fourth-order valence-electron chi connectivity index (χ4n) is 4.05. The lowest BCUT2D eigenvalue weighted by Gasteiger charge is -2.34. The van der Waals surface area contributed by atoms with Crippen LogP contribution < -0.4 is 10.6 Å². The number of aromatic nitrogens is 2. The SMILES string of the molecule is O=C(CN1CCN(C(=O)CSc2nnc(NC3CCCCC3)s2)CC1)Nc1ccc(F)cc1. The van der Waals surface area contributed by atoms with Gasteiger partial charge in [-0.3, -0.25) is 14.5 Å². The lowest BCUT2D eigenvalue weighted by atomic mass is 9.96. The van der Waals surface area contributed by atoms with Gasteiger partial charge in [-0.15, -0.1) is 10.2 Å². The maximum Gasteiger partial charge on any atom is 0.238 e. The van der Waals surface area contributed by atoms with Crippen LogP contribution in [0.1, 0.15) is 32.1 Å². The Morgan fingerprint density at radius 2 is 1.79 bits per heavy atom. The van der Waals surface area contributed by atoms with E-state index in [4.69, 9.17) is 0 Å². The summed E-state index contributed by atoms with van der Waals surface area (Å²) in [4.78, 5) is 28.7. The second-order valence-corrected chi connectivity index (χ2v) is 10.6. The molecule has 1 aliphatic heterocycles. The van der Waals surface area contributed by atoms with Crippen LogP contribution in [-0.2, 0) is 9.59 Å². The van der Waals surface area contributed by atoms with Crippen molar-refractivity contribution in [3.05, 3.63) is 30.1 Å². The quantitative estimate of drug-likeness (QED) is 0.547. The Hall–Kier alpha value is -2.24. The fourth-order valence-corrected chi connectivity index (χ4v) is 5.79. The Labute approximate surface area is 201 Å². The normalized spacial score (nSPS) is 17.7. The van der Waals surface area contributed by atoms with Crippen molar-refractivity contribution in [3.8, 4) is 0 Å². The minimum absolute atomic E-state index is 0.0763. The minimum atomic E-state index is -0.338. The van der Waals surface area contributed by atoms with Crippen molar-refractivity contribution in [1.29, 1.82) is 0 Å². The molecule has 0 atom stereocenters. The zero-order valence-electron chi connectivity index (χ0n) is 18.5. The van der Waals surface area contributed by atoms with Crippen LogP contribution in [0.3, 0.4) is 0 Å². The number of rotatable bonds is 8. The van der Waals surface area contributed by atoms with Crippen molar-refractivity contribution < 1.29 is 14.0 Å². The molecule has 2 aliphatic rings. The predicted octanol–water partition coefficient (Wildman–Crippen LogP) is 3.30. The van der Waals surface area contributed by atoms with Crippen molar-refractivity contribution in [1.82, 2.24) is 20.0 Å². The van der Waals surface area contributed by atoms with Gasteiger partial charge in [0.05, 0.1) is 12.3 Å². The maximum atomic E-state index is 13.0. The van der Waals surface area contributed by atoms with E-state index in [1.165, 1.54) is 79.5 Å². The van der Waals surface area contributed by atoms with Crippen LogP contribution in [0.5, 0.6) is 0 Å². The average molecular weight is 493 g/mol. The van der Waals surface area contributed by atoms with E-state index >= 15 is 0 Å². The van der Waals surface area contributed by atoms with Gasteiger partial charge < -0.3 is 15.5 Å². The molecule has 2 fully saturated rings. The van der Waals surface area contributed by atoms with Gasteiger partial charge in [0.2, 0.25) is 16.9 Å². The van der Waals surface area contributed by atoms with Crippen molar-refractivity contribution in [2.24, 2.45) is 0 Å². The second-order valence-electron chi connectivity index (χ2n) is 8.35. The number of anilines is 2. The van der Waals surface area contributed by atoms with Crippen LogP contribution in [0.15, 0.2) is 28.6 Å². The van der Waals surface area contributed by atoms with Gasteiger partial charge in [0.1, 0.15) is 5.82 Å². The molecule has 11 heteroatoms. The standard InChI is InChI=1S/C22H29FN6O2S2/c23-16-6-8-18(9-7-16)24-19(30)14-28-10-12-29(13-11-28)20(31)15-32-22-27-26-21(33-22)25-17-4-2-1-3-5-17/h6-9,17H,1-5,10-15H2,(H,24,30)(H,25,26). The average Bonchev–Trinajstić information content (AvgIpc) is 3.27. The molecular weight excluding hydrogens is 463 g/mol. The molecule has 0 unspecified atom stereocenters. The van der Waals surface area contributed by atoms with Crippen LogP contribution in [0.2, 0.25) is 0 Å². The largest absolute Gasteiger partial charge is 0.357 e. The summed E-state index contributed by atoms with van der Waals surface area (Å²) in [6, 6.07) is 6.19. The molecule has 8 nitrogen and oxygen atoms in total. The third kappa shape index (κ3) is 7.38. The molecule has 0 bridgehead atoms. The Balaban J connectivity index is 1.14. The zero-order valence-corrected chi connectivity index (χ0v) is 20.1. The highest BCUT2D eigenvalue weighted by Crippen LogP contribution is 2.28. The Kier molecular flexibility index (Phi) is 8.51. The summed E-state index contributed by atoms with van der Waals surface area (Å²) in [7, 11) is 0. The number of nitrogens with zero attached hydrogens (tertiary/aromatic N) is 4. The van der Waals surface area contributed by atoms with Crippen LogP contribution >= 0.6 is 23.1 Å². The fraction of sp³-hybridized carbons (Fsp3) is 0.545. The topological polar surface area (TPSA) is 90.5 Å². The molecule has 2 aromatic rings. The van der Waals surface area contributed by atoms with Crippen molar-refractivity contribution >= 4 is 45.7 Å². The van der Waals surface area contributed by atoms with Crippen LogP contribution in [-0.4, -0.2) is 76.3 Å². The van der Waals surface area contributed by atoms with Crippen LogP contribution in [0.4, 0.5) is 15.2 Å². The number of carbonyl (C=O) groups excluding carboxylic acids is 2. The number of thioether (sulfide) groups is 1. The predicted molar refractivity (Wildman–Crippen MR) is 129 cm³/mol. The molecule has 2 amide bonds. The molecule has 0 spiro atoms. The Morgan fingerprint density at radius 1 is 1.06 bits per heavy atom. The highest BCUT2D eigenvalue weighted by atomic mass is 32.2. The summed E-state index contributed by atoms with van der Waals surface area (Å²) in [5.74, 6) is -0.0729. The lowest BCUT2D eigenvalue weighted by Crippen LogP contribution is -2.50. The third-order valence-corrected chi connectivity index (χ3v) is 7.85. The van der Waals surface area contributed by atoms with Crippen LogP contribution in [0, 0.1) is 5.82 Å². The van der Waals surface area contributed by atoms with E-state index < -0.39 is 0 Å². The number of halogens is 1. The Bertz CT molecular complexity index is 927. The first-order valence-corrected chi connectivity index (χ1v) is 13.1. The third-order valence-electron chi connectivity index (χ3n) is 5.88. The highest BCUT2D eigenvalue weighted by molar-refractivity contribution is 8.01. The first kappa shape index (κ1) is 23.9. The maximum absolute atomic E-state index is 13.0. The number of hydrogen-bond acceptors (Lipinski definition) is 8. The second kappa shape index (κ2) is 11.8. The molecule has 178 valence electrons. The van der Waals surface area contributed by atoms with Crippen molar-refractivity contribution in [2.45, 2.75) is 42.5 Å². The summed E-state index contributed by atoms with van der Waals surface area (Å²) in [5, 5.41) is 15.5. The van der Waals surface area contributed by atoms with Crippen molar-refractivity contribution in [3.63, 3.8) is 0 Å². The van der Waals surface area contributed by atoms with E-state index in [0.717, 1.165) is 9.47 Å². The number of piperazine rings is 1. The van der Waals surface area contributed by atoms with Gasteiger partial charge in [0.25, 0.3) is 0 Å². The van der Waals surface area contributed by atoms with E-state index in [1.54, 1.807) is 0 Å². The number of hydrogen-bond donors (Lipinski definition) is 2. The molecule has 1 saturated heterocycles. The molecule has 1 aliphatic carbocycles. The molecule has 1 saturated carbocycles. The molecule has 1 aromatic carbocycles. The van der Waals surface area contributed by atoms with E-state index in [1.807, 2.05) is 9.80 Å². The van der Waals surface area contributed by atoms with Gasteiger partial charge in [-0.2, -0.15) is 0 Å². The van der Waals surface area contributed by atoms with Gasteiger partial charge in [-0.05, 0) is 37.1 Å². The van der Waals surface area contributed by atoms with Crippen molar-refractivity contribution in [2.75, 3.05) is 49.1 Å². The summed E-state index contributed by atoms with van der Waals surface area (Å²) in [6.07, 6.45) is 6.20. The summed E-state index contributed by atoms with van der Waals surface area (Å²) in [6.45, 7) is 2.71. The van der Waals surface area contributed by atoms with E-state index in [2.05, 4.69) is 20.8 Å². The summed E-state index contributed by atoms with van der Waals surface area (Å²) >= 11 is 2.94. The van der Waals surface area contributed by atoms with Gasteiger partial charge in [-0.25, -0.2) is 4.39 Å². The Morgan fingerprint density at radius 3 is 2.52 bits per heavy atom. The highest BCUT2D eigenvalue weighted by Gasteiger charge is 2.23. The van der Waals surface area contributed by atoms with E-state index in [0.29, 0.717) is 43.7 Å². The van der Waals surface area contributed by atoms with Gasteiger partial charge in [0, 0.05) is 37.9 Å². The van der Waals surface area contributed by atoms with Crippen LogP contribution in [0.25, 0.3) is 0 Å². The summed E-state index contributed by atoms with van der Waals surface area (Å²) < 4.78 is 13.8. The number of carbonyl (C=O) groups is 2. The lowest BCUT2D eigenvalue weighted by molar-refractivity contribution is -0.130. The first-order chi connectivity index (χ1) is 16.0. The minimum Gasteiger partial charge on any atom is -0.357 e. The summed E-state index contributed by atoms with van der Waals surface area (Å²) in [5.41, 5.74) is 0.570. The smallest absolute Gasteiger partial charge is 0.238 e. The molecule has 0 radical (unpaired) electrons. The molecule has 33 heavy (non-hydrogen) atoms. The van der Waals surface area contributed by atoms with E-state index in [9.17, 15) is 14.0 Å². The number of amides is 2. The van der Waals surface area contributed by atoms with E-state index in [-0.39, 0.29) is 24.2 Å². The molecule has 1 aromatic heterocycles. The number of nitrogens with one attached hydrogen (secondary N) is 2. The van der Waals surface area contributed by atoms with Gasteiger partial charge >= 0.3 is 0 Å². The first-order valence-electron chi connectivity index (χ1n) is 11.3. The monoisotopic (exact) mass is 492 g/mol.